The van der Waals surface area contributed by atoms with E-state index in [0.29, 0.717) is 12.1 Å². The van der Waals surface area contributed by atoms with Crippen LogP contribution in [-0.4, -0.2) is 30.8 Å². The van der Waals surface area contributed by atoms with Gasteiger partial charge in [-0.25, -0.2) is 0 Å². The van der Waals surface area contributed by atoms with E-state index in [4.69, 9.17) is 0 Å². The van der Waals surface area contributed by atoms with Crippen molar-refractivity contribution in [2.45, 2.75) is 26.8 Å². The zero-order valence-electron chi connectivity index (χ0n) is 12.6. The molecule has 1 aromatic carbocycles. The predicted octanol–water partition coefficient (Wildman–Crippen LogP) is 2.36. The van der Waals surface area contributed by atoms with Gasteiger partial charge in [-0.05, 0) is 31.0 Å². The van der Waals surface area contributed by atoms with Gasteiger partial charge in [-0.2, -0.15) is 0 Å². The van der Waals surface area contributed by atoms with Crippen LogP contribution in [0.2, 0.25) is 0 Å². The van der Waals surface area contributed by atoms with Gasteiger partial charge in [0.15, 0.2) is 0 Å². The number of carbonyl (C=O) groups is 2. The molecular formula is C16H22N2O2. The van der Waals surface area contributed by atoms with E-state index in [2.05, 4.69) is 5.32 Å². The highest BCUT2D eigenvalue weighted by molar-refractivity contribution is 5.94. The zero-order valence-corrected chi connectivity index (χ0v) is 12.6. The first-order valence-corrected chi connectivity index (χ1v) is 6.71. The third-order valence-electron chi connectivity index (χ3n) is 2.93. The van der Waals surface area contributed by atoms with Gasteiger partial charge in [-0.3, -0.25) is 9.59 Å². The van der Waals surface area contributed by atoms with Crippen molar-refractivity contribution in [2.24, 2.45) is 0 Å². The molecule has 0 saturated carbocycles. The quantitative estimate of drug-likeness (QED) is 0.838. The van der Waals surface area contributed by atoms with E-state index < -0.39 is 0 Å². The van der Waals surface area contributed by atoms with Crippen molar-refractivity contribution in [3.05, 3.63) is 47.0 Å². The van der Waals surface area contributed by atoms with Gasteiger partial charge in [0.05, 0.1) is 0 Å². The van der Waals surface area contributed by atoms with Gasteiger partial charge < -0.3 is 10.2 Å². The van der Waals surface area contributed by atoms with Crippen LogP contribution < -0.4 is 5.32 Å². The first-order valence-electron chi connectivity index (χ1n) is 6.71. The van der Waals surface area contributed by atoms with Crippen molar-refractivity contribution in [1.29, 1.82) is 0 Å². The molecule has 0 spiro atoms. The summed E-state index contributed by atoms with van der Waals surface area (Å²) in [5.41, 5.74) is 2.34. The van der Waals surface area contributed by atoms with Crippen LogP contribution in [0, 0.1) is 0 Å². The van der Waals surface area contributed by atoms with Crippen LogP contribution >= 0.6 is 0 Å². The molecule has 0 fully saturated rings. The molecule has 0 aliphatic rings. The summed E-state index contributed by atoms with van der Waals surface area (Å²) in [5.74, 6) is -0.0809. The summed E-state index contributed by atoms with van der Waals surface area (Å²) in [4.78, 5) is 25.0. The monoisotopic (exact) mass is 274 g/mol. The topological polar surface area (TPSA) is 49.4 Å². The third-order valence-corrected chi connectivity index (χ3v) is 2.93. The first kappa shape index (κ1) is 16.0. The number of nitrogens with one attached hydrogen (secondary N) is 1. The first-order chi connectivity index (χ1) is 9.45. The lowest BCUT2D eigenvalue weighted by Gasteiger charge is -2.11. The average Bonchev–Trinajstić information content (AvgIpc) is 2.44. The molecule has 20 heavy (non-hydrogen) atoms. The fraction of sp³-hybridized carbons (Fsp3) is 0.375. The van der Waals surface area contributed by atoms with Crippen molar-refractivity contribution in [1.82, 2.24) is 10.2 Å². The van der Waals surface area contributed by atoms with Crippen LogP contribution in [0.5, 0.6) is 0 Å². The molecule has 0 saturated heterocycles. The van der Waals surface area contributed by atoms with Crippen LogP contribution in [0.4, 0.5) is 0 Å². The Labute approximate surface area is 120 Å². The number of allylic oxidation sites excluding steroid dienone is 1. The van der Waals surface area contributed by atoms with Crippen molar-refractivity contribution in [3.63, 3.8) is 0 Å². The molecule has 0 bridgehead atoms. The van der Waals surface area contributed by atoms with E-state index in [0.717, 1.165) is 17.6 Å². The lowest BCUT2D eigenvalue weighted by Crippen LogP contribution is -2.24. The van der Waals surface area contributed by atoms with Crippen LogP contribution in [0.3, 0.4) is 0 Å². The van der Waals surface area contributed by atoms with Gasteiger partial charge in [-0.15, -0.1) is 0 Å². The van der Waals surface area contributed by atoms with E-state index in [1.165, 1.54) is 4.90 Å². The highest BCUT2D eigenvalue weighted by Gasteiger charge is 2.07. The molecule has 0 unspecified atom stereocenters. The Bertz CT molecular complexity index is 502. The molecule has 0 aromatic heterocycles. The summed E-state index contributed by atoms with van der Waals surface area (Å²) < 4.78 is 0. The Morgan fingerprint density at radius 1 is 1.20 bits per heavy atom. The summed E-state index contributed by atoms with van der Waals surface area (Å²) >= 11 is 0. The lowest BCUT2D eigenvalue weighted by molar-refractivity contribution is -0.117. The number of carbonyl (C=O) groups excluding carboxylic acids is 2. The Morgan fingerprint density at radius 2 is 1.80 bits per heavy atom. The summed E-state index contributed by atoms with van der Waals surface area (Å²) in [6.45, 7) is 4.26. The van der Waals surface area contributed by atoms with E-state index in [9.17, 15) is 9.59 Å². The molecule has 0 aliphatic heterocycles. The van der Waals surface area contributed by atoms with Gasteiger partial charge in [-0.1, -0.05) is 25.1 Å². The minimum absolute atomic E-state index is 0.0256. The Hall–Kier alpha value is -2.10. The standard InChI is InChI=1S/C16H22N2O2/c1-5-6-12(2)15(19)17-11-13-7-9-14(10-8-13)16(20)18(3)4/h6-10H,5,11H2,1-4H3,(H,17,19). The van der Waals surface area contributed by atoms with Gasteiger partial charge in [0.25, 0.3) is 5.91 Å². The molecule has 1 N–H and O–H groups in total. The number of amides is 2. The summed E-state index contributed by atoms with van der Waals surface area (Å²) in [6.07, 6.45) is 2.74. The van der Waals surface area contributed by atoms with Crippen LogP contribution in [-0.2, 0) is 11.3 Å². The van der Waals surface area contributed by atoms with Crippen molar-refractivity contribution < 1.29 is 9.59 Å². The highest BCUT2D eigenvalue weighted by atomic mass is 16.2. The number of benzene rings is 1. The maximum absolute atomic E-state index is 11.7. The molecule has 1 aromatic rings. The second-order valence-electron chi connectivity index (χ2n) is 4.87. The van der Waals surface area contributed by atoms with E-state index in [1.807, 2.05) is 25.1 Å². The Kier molecular flexibility index (Phi) is 5.97. The van der Waals surface area contributed by atoms with E-state index in [-0.39, 0.29) is 11.8 Å². The van der Waals surface area contributed by atoms with E-state index >= 15 is 0 Å². The Morgan fingerprint density at radius 3 is 2.30 bits per heavy atom. The number of nitrogens with zero attached hydrogens (tertiary/aromatic N) is 1. The Balaban J connectivity index is 2.61. The second kappa shape index (κ2) is 7.48. The minimum atomic E-state index is -0.0553. The van der Waals surface area contributed by atoms with Crippen molar-refractivity contribution in [3.8, 4) is 0 Å². The van der Waals surface area contributed by atoms with Crippen molar-refractivity contribution in [2.75, 3.05) is 14.1 Å². The molecule has 0 heterocycles. The summed E-state index contributed by atoms with van der Waals surface area (Å²) in [5, 5.41) is 2.85. The normalized spacial score (nSPS) is 11.1. The van der Waals surface area contributed by atoms with Crippen LogP contribution in [0.15, 0.2) is 35.9 Å². The van der Waals surface area contributed by atoms with Crippen LogP contribution in [0.1, 0.15) is 36.2 Å². The highest BCUT2D eigenvalue weighted by Crippen LogP contribution is 2.06. The van der Waals surface area contributed by atoms with Crippen molar-refractivity contribution >= 4 is 11.8 Å². The molecule has 0 radical (unpaired) electrons. The van der Waals surface area contributed by atoms with Gasteiger partial charge in [0, 0.05) is 31.8 Å². The number of hydrogen-bond acceptors (Lipinski definition) is 2. The number of hydrogen-bond donors (Lipinski definition) is 1. The lowest BCUT2D eigenvalue weighted by atomic mass is 10.1. The molecular weight excluding hydrogens is 252 g/mol. The molecule has 4 nitrogen and oxygen atoms in total. The average molecular weight is 274 g/mol. The predicted molar refractivity (Wildman–Crippen MR) is 80.4 cm³/mol. The fourth-order valence-corrected chi connectivity index (χ4v) is 1.74. The largest absolute Gasteiger partial charge is 0.348 e. The zero-order chi connectivity index (χ0) is 15.1. The molecule has 1 rings (SSSR count). The summed E-state index contributed by atoms with van der Waals surface area (Å²) in [6, 6.07) is 7.27. The third kappa shape index (κ3) is 4.53. The van der Waals surface area contributed by atoms with Gasteiger partial charge in [0.2, 0.25) is 5.91 Å². The molecule has 0 aliphatic carbocycles. The molecule has 4 heteroatoms. The number of rotatable bonds is 5. The van der Waals surface area contributed by atoms with Crippen LogP contribution in [0.25, 0.3) is 0 Å². The fourth-order valence-electron chi connectivity index (χ4n) is 1.74. The maximum atomic E-state index is 11.7. The maximum Gasteiger partial charge on any atom is 0.253 e. The van der Waals surface area contributed by atoms with Gasteiger partial charge >= 0.3 is 0 Å². The molecule has 2 amide bonds. The SMILES string of the molecule is CCC=C(C)C(=O)NCc1ccc(C(=O)N(C)C)cc1. The summed E-state index contributed by atoms with van der Waals surface area (Å²) in [7, 11) is 3.44. The van der Waals surface area contributed by atoms with E-state index in [1.54, 1.807) is 33.2 Å². The molecule has 108 valence electrons. The second-order valence-corrected chi connectivity index (χ2v) is 4.87. The van der Waals surface area contributed by atoms with Gasteiger partial charge in [0.1, 0.15) is 0 Å². The minimum Gasteiger partial charge on any atom is -0.348 e. The molecule has 0 atom stereocenters. The smallest absolute Gasteiger partial charge is 0.253 e.